The zero-order valence-electron chi connectivity index (χ0n) is 3.92. The molecule has 0 aliphatic rings. The molecule has 0 saturated carbocycles. The molecule has 6 heteroatoms. The molecule has 0 saturated heterocycles. The van der Waals surface area contributed by atoms with E-state index in [1.165, 1.54) is 0 Å². The second-order valence-electron chi connectivity index (χ2n) is 1.28. The highest BCUT2D eigenvalue weighted by Gasteiger charge is 2.46. The maximum absolute atomic E-state index is 11.2. The van der Waals surface area contributed by atoms with Crippen LogP contribution in [0.4, 0.5) is 26.3 Å². The molecular weight excluding hydrogens is 150 g/mol. The third-order valence-corrected chi connectivity index (χ3v) is 0.534. The summed E-state index contributed by atoms with van der Waals surface area (Å²) >= 11 is 0. The monoisotopic (exact) mass is 152 g/mol. The van der Waals surface area contributed by atoms with E-state index >= 15 is 0 Å². The molecule has 0 rings (SSSR count). The molecule has 0 aliphatic heterocycles. The number of halogens is 6. The highest BCUT2D eigenvalue weighted by molar-refractivity contribution is 4.67. The maximum atomic E-state index is 11.2. The SMILES string of the molecule is FC(F)[C@H](F)C(F)(F)F. The van der Waals surface area contributed by atoms with Gasteiger partial charge in [0.2, 0.25) is 0 Å². The average Bonchev–Trinajstić information content (AvgIpc) is 1.62. The molecule has 0 nitrogen and oxygen atoms in total. The molecule has 0 unspecified atom stereocenters. The van der Waals surface area contributed by atoms with Crippen LogP contribution < -0.4 is 0 Å². The molecule has 9 heavy (non-hydrogen) atoms. The standard InChI is InChI=1S/C3H2F6/c4-1(2(5)6)3(7,8)9/h1-2H/t1-/m0/s1. The number of rotatable bonds is 1. The van der Waals surface area contributed by atoms with Crippen molar-refractivity contribution < 1.29 is 26.3 Å². The van der Waals surface area contributed by atoms with E-state index < -0.39 is 18.8 Å². The van der Waals surface area contributed by atoms with Crippen molar-refractivity contribution >= 4 is 0 Å². The van der Waals surface area contributed by atoms with E-state index in [0.29, 0.717) is 0 Å². The summed E-state index contributed by atoms with van der Waals surface area (Å²) in [5.41, 5.74) is 0. The summed E-state index contributed by atoms with van der Waals surface area (Å²) in [5, 5.41) is 0. The third kappa shape index (κ3) is 2.57. The molecule has 0 fully saturated rings. The van der Waals surface area contributed by atoms with Gasteiger partial charge in [-0.25, -0.2) is 13.2 Å². The van der Waals surface area contributed by atoms with Crippen LogP contribution in [0.5, 0.6) is 0 Å². The van der Waals surface area contributed by atoms with Gasteiger partial charge in [0, 0.05) is 0 Å². The van der Waals surface area contributed by atoms with E-state index in [-0.39, 0.29) is 0 Å². The molecule has 0 aliphatic carbocycles. The molecular formula is C3H2F6. The summed E-state index contributed by atoms with van der Waals surface area (Å²) in [6, 6.07) is 0. The van der Waals surface area contributed by atoms with E-state index in [1.54, 1.807) is 0 Å². The molecule has 0 aromatic carbocycles. The molecule has 0 radical (unpaired) electrons. The van der Waals surface area contributed by atoms with Crippen molar-refractivity contribution in [2.24, 2.45) is 0 Å². The molecule has 0 heterocycles. The Kier molecular flexibility index (Phi) is 2.33. The molecule has 0 amide bonds. The summed E-state index contributed by atoms with van der Waals surface area (Å²) in [6.45, 7) is 0. The summed E-state index contributed by atoms with van der Waals surface area (Å²) in [5.74, 6) is 0. The van der Waals surface area contributed by atoms with Gasteiger partial charge in [0.1, 0.15) is 0 Å². The number of alkyl halides is 6. The average molecular weight is 152 g/mol. The zero-order chi connectivity index (χ0) is 7.65. The Bertz CT molecular complexity index is 82.8. The van der Waals surface area contributed by atoms with E-state index in [0.717, 1.165) is 0 Å². The Balaban J connectivity index is 3.88. The summed E-state index contributed by atoms with van der Waals surface area (Å²) in [6.07, 6.45) is -13.4. The van der Waals surface area contributed by atoms with Gasteiger partial charge >= 0.3 is 6.18 Å². The van der Waals surface area contributed by atoms with Crippen LogP contribution in [0.25, 0.3) is 0 Å². The van der Waals surface area contributed by atoms with Crippen molar-refractivity contribution in [2.75, 3.05) is 0 Å². The second kappa shape index (κ2) is 2.45. The molecule has 56 valence electrons. The molecule has 0 aromatic rings. The van der Waals surface area contributed by atoms with Gasteiger partial charge in [-0.2, -0.15) is 13.2 Å². The van der Waals surface area contributed by atoms with Gasteiger partial charge < -0.3 is 0 Å². The van der Waals surface area contributed by atoms with E-state index in [1.807, 2.05) is 0 Å². The normalized spacial score (nSPS) is 16.3. The lowest BCUT2D eigenvalue weighted by atomic mass is 10.4. The predicted molar refractivity (Wildman–Crippen MR) is 17.0 cm³/mol. The fraction of sp³-hybridized carbons (Fsp3) is 1.00. The minimum atomic E-state index is -5.44. The van der Waals surface area contributed by atoms with Crippen molar-refractivity contribution in [3.05, 3.63) is 0 Å². The molecule has 0 spiro atoms. The van der Waals surface area contributed by atoms with Crippen LogP contribution in [0.3, 0.4) is 0 Å². The smallest absolute Gasteiger partial charge is 0.231 e. The van der Waals surface area contributed by atoms with E-state index in [2.05, 4.69) is 0 Å². The molecule has 1 atom stereocenters. The third-order valence-electron chi connectivity index (χ3n) is 0.534. The maximum Gasteiger partial charge on any atom is 0.425 e. The van der Waals surface area contributed by atoms with E-state index in [9.17, 15) is 26.3 Å². The van der Waals surface area contributed by atoms with Gasteiger partial charge in [-0.15, -0.1) is 0 Å². The van der Waals surface area contributed by atoms with Crippen LogP contribution in [0.1, 0.15) is 0 Å². The van der Waals surface area contributed by atoms with Crippen molar-refractivity contribution in [1.82, 2.24) is 0 Å². The molecule has 0 aromatic heterocycles. The van der Waals surface area contributed by atoms with Gasteiger partial charge in [-0.05, 0) is 0 Å². The second-order valence-corrected chi connectivity index (χ2v) is 1.28. The Morgan fingerprint density at radius 3 is 1.22 bits per heavy atom. The van der Waals surface area contributed by atoms with E-state index in [4.69, 9.17) is 0 Å². The van der Waals surface area contributed by atoms with Gasteiger partial charge in [-0.3, -0.25) is 0 Å². The van der Waals surface area contributed by atoms with Crippen molar-refractivity contribution in [3.8, 4) is 0 Å². The molecule has 0 bridgehead atoms. The highest BCUT2D eigenvalue weighted by atomic mass is 19.4. The van der Waals surface area contributed by atoms with Crippen LogP contribution >= 0.6 is 0 Å². The quantitative estimate of drug-likeness (QED) is 0.505. The lowest BCUT2D eigenvalue weighted by Crippen LogP contribution is -2.30. The Morgan fingerprint density at radius 1 is 0.889 bits per heavy atom. The highest BCUT2D eigenvalue weighted by Crippen LogP contribution is 2.27. The summed E-state index contributed by atoms with van der Waals surface area (Å²) in [4.78, 5) is 0. The van der Waals surface area contributed by atoms with Crippen molar-refractivity contribution in [3.63, 3.8) is 0 Å². The molecule has 0 N–H and O–H groups in total. The van der Waals surface area contributed by atoms with Crippen LogP contribution in [0.2, 0.25) is 0 Å². The minimum Gasteiger partial charge on any atom is -0.231 e. The fourth-order valence-electron chi connectivity index (χ4n) is 0.143. The largest absolute Gasteiger partial charge is 0.425 e. The first kappa shape index (κ1) is 8.58. The minimum absolute atomic E-state index is 3.98. The first-order chi connectivity index (χ1) is 3.85. The predicted octanol–water partition coefficient (Wildman–Crippen LogP) is 2.15. The van der Waals surface area contributed by atoms with Crippen LogP contribution in [-0.2, 0) is 0 Å². The van der Waals surface area contributed by atoms with Crippen LogP contribution in [-0.4, -0.2) is 18.8 Å². The van der Waals surface area contributed by atoms with Crippen LogP contribution in [0.15, 0.2) is 0 Å². The Labute approximate surface area is 46.5 Å². The Morgan fingerprint density at radius 2 is 1.22 bits per heavy atom. The van der Waals surface area contributed by atoms with Gasteiger partial charge in [0.05, 0.1) is 0 Å². The number of hydrogen-bond donors (Lipinski definition) is 0. The lowest BCUT2D eigenvalue weighted by Gasteiger charge is -2.09. The summed E-state index contributed by atoms with van der Waals surface area (Å²) < 4.78 is 65.4. The Hall–Kier alpha value is -0.420. The first-order valence-corrected chi connectivity index (χ1v) is 1.84. The van der Waals surface area contributed by atoms with Crippen LogP contribution in [0, 0.1) is 0 Å². The van der Waals surface area contributed by atoms with Crippen molar-refractivity contribution in [2.45, 2.75) is 18.8 Å². The topological polar surface area (TPSA) is 0 Å². The first-order valence-electron chi connectivity index (χ1n) is 1.84. The zero-order valence-corrected chi connectivity index (χ0v) is 3.92. The fourth-order valence-corrected chi connectivity index (χ4v) is 0.143. The number of hydrogen-bond acceptors (Lipinski definition) is 0. The summed E-state index contributed by atoms with van der Waals surface area (Å²) in [7, 11) is 0. The van der Waals surface area contributed by atoms with Crippen molar-refractivity contribution in [1.29, 1.82) is 0 Å². The lowest BCUT2D eigenvalue weighted by molar-refractivity contribution is -0.211. The van der Waals surface area contributed by atoms with Gasteiger partial charge in [0.25, 0.3) is 12.6 Å². The van der Waals surface area contributed by atoms with Gasteiger partial charge in [-0.1, -0.05) is 0 Å². The van der Waals surface area contributed by atoms with Gasteiger partial charge in [0.15, 0.2) is 0 Å².